The lowest BCUT2D eigenvalue weighted by atomic mass is 10.0. The van der Waals surface area contributed by atoms with Crippen molar-refractivity contribution in [3.63, 3.8) is 0 Å². The van der Waals surface area contributed by atoms with Crippen LogP contribution in [0.5, 0.6) is 0 Å². The third-order valence-electron chi connectivity index (χ3n) is 4.82. The van der Waals surface area contributed by atoms with Crippen LogP contribution in [0, 0.1) is 5.82 Å². The van der Waals surface area contributed by atoms with Gasteiger partial charge >= 0.3 is 6.09 Å². The maximum Gasteiger partial charge on any atom is 0.410 e. The number of nitrogens with one attached hydrogen (secondary N) is 1. The van der Waals surface area contributed by atoms with Gasteiger partial charge in [-0.15, -0.1) is 0 Å². The van der Waals surface area contributed by atoms with Gasteiger partial charge < -0.3 is 24.6 Å². The molecular weight excluding hydrogens is 445 g/mol. The number of rotatable bonds is 3. The van der Waals surface area contributed by atoms with Crippen LogP contribution < -0.4 is 0 Å². The maximum absolute atomic E-state index is 14.3. The molecule has 0 aliphatic carbocycles. The molecule has 1 aliphatic rings. The van der Waals surface area contributed by atoms with Crippen LogP contribution in [0.15, 0.2) is 22.8 Å². The summed E-state index contributed by atoms with van der Waals surface area (Å²) < 4.78 is 20.1. The number of halogens is 2. The van der Waals surface area contributed by atoms with Gasteiger partial charge in [0, 0.05) is 37.8 Å². The Bertz CT molecular complexity index is 924. The number of aromatic amines is 1. The van der Waals surface area contributed by atoms with Crippen LogP contribution in [0.4, 0.5) is 9.18 Å². The predicted octanol–water partition coefficient (Wildman–Crippen LogP) is 3.51. The summed E-state index contributed by atoms with van der Waals surface area (Å²) in [5.74, 6) is -0.863. The minimum atomic E-state index is -0.620. The summed E-state index contributed by atoms with van der Waals surface area (Å²) in [6.07, 6.45) is 1.50. The average Bonchev–Trinajstić information content (AvgIpc) is 3.13. The lowest BCUT2D eigenvalue weighted by Crippen LogP contribution is -2.57. The van der Waals surface area contributed by atoms with Gasteiger partial charge in [0.05, 0.1) is 21.6 Å². The molecule has 29 heavy (non-hydrogen) atoms. The lowest BCUT2D eigenvalue weighted by molar-refractivity contribution is 0.00181. The van der Waals surface area contributed by atoms with Crippen LogP contribution >= 0.6 is 15.9 Å². The second-order valence-electron chi connectivity index (χ2n) is 8.08. The van der Waals surface area contributed by atoms with Crippen LogP contribution in [-0.4, -0.2) is 69.8 Å². The highest BCUT2D eigenvalue weighted by Crippen LogP contribution is 2.30. The molecule has 0 saturated carbocycles. The second-order valence-corrected chi connectivity index (χ2v) is 8.87. The van der Waals surface area contributed by atoms with Gasteiger partial charge in [0.15, 0.2) is 0 Å². The summed E-state index contributed by atoms with van der Waals surface area (Å²) in [7, 11) is 0. The molecule has 2 aromatic rings. The molecule has 0 unspecified atom stereocenters. The first-order chi connectivity index (χ1) is 13.6. The van der Waals surface area contributed by atoms with Gasteiger partial charge in [0.25, 0.3) is 5.91 Å². The summed E-state index contributed by atoms with van der Waals surface area (Å²) >= 11 is 3.21. The minimum Gasteiger partial charge on any atom is -0.444 e. The number of benzene rings is 1. The first-order valence-electron chi connectivity index (χ1n) is 9.47. The normalized spacial score (nSPS) is 17.7. The number of ether oxygens (including phenoxy) is 1. The molecule has 0 spiro atoms. The molecule has 3 rings (SSSR count). The fourth-order valence-corrected chi connectivity index (χ4v) is 3.95. The summed E-state index contributed by atoms with van der Waals surface area (Å²) in [6.45, 7) is 6.05. The van der Waals surface area contributed by atoms with Gasteiger partial charge in [-0.1, -0.05) is 0 Å². The zero-order valence-electron chi connectivity index (χ0n) is 16.7. The number of carbonyl (C=O) groups excluding carboxylic acids is 2. The van der Waals surface area contributed by atoms with E-state index >= 15 is 0 Å². The Morgan fingerprint density at radius 3 is 2.76 bits per heavy atom. The van der Waals surface area contributed by atoms with Crippen molar-refractivity contribution in [2.75, 3.05) is 26.2 Å². The van der Waals surface area contributed by atoms with Gasteiger partial charge in [-0.05, 0) is 55.3 Å². The molecule has 1 atom stereocenters. The Morgan fingerprint density at radius 2 is 2.10 bits per heavy atom. The molecule has 1 fully saturated rings. The van der Waals surface area contributed by atoms with E-state index < -0.39 is 23.6 Å². The molecular formula is C20H25BrFN3O4. The number of nitrogens with zero attached hydrogens (tertiary/aromatic N) is 2. The minimum absolute atomic E-state index is 0.136. The number of hydrogen-bond acceptors (Lipinski definition) is 4. The number of carbonyl (C=O) groups is 2. The number of aliphatic hydroxyl groups excluding tert-OH is 1. The van der Waals surface area contributed by atoms with Crippen molar-refractivity contribution in [3.8, 4) is 0 Å². The van der Waals surface area contributed by atoms with Crippen LogP contribution in [0.3, 0.4) is 0 Å². The van der Waals surface area contributed by atoms with Crippen molar-refractivity contribution in [1.29, 1.82) is 0 Å². The van der Waals surface area contributed by atoms with Crippen molar-refractivity contribution >= 4 is 38.8 Å². The Balaban J connectivity index is 1.85. The van der Waals surface area contributed by atoms with E-state index in [1.165, 1.54) is 6.07 Å². The van der Waals surface area contributed by atoms with Gasteiger partial charge in [-0.3, -0.25) is 4.79 Å². The Morgan fingerprint density at radius 1 is 1.38 bits per heavy atom. The fourth-order valence-electron chi connectivity index (χ4n) is 3.50. The summed E-state index contributed by atoms with van der Waals surface area (Å²) in [5.41, 5.74) is 0.143. The van der Waals surface area contributed by atoms with Crippen molar-refractivity contribution in [2.24, 2.45) is 0 Å². The smallest absolute Gasteiger partial charge is 0.410 e. The third-order valence-corrected chi connectivity index (χ3v) is 5.63. The molecule has 0 radical (unpaired) electrons. The number of H-pyrrole nitrogens is 1. The SMILES string of the molecule is CC(C)(C)OC(=O)N1CCN(C(=O)c2cc(F)c(Br)c3cc[nH]c23)[C@@H](CCO)C1. The Labute approximate surface area is 176 Å². The topological polar surface area (TPSA) is 85.9 Å². The van der Waals surface area contributed by atoms with Gasteiger partial charge in [0.2, 0.25) is 0 Å². The monoisotopic (exact) mass is 469 g/mol. The van der Waals surface area contributed by atoms with Crippen LogP contribution in [0.2, 0.25) is 0 Å². The standard InChI is InChI=1S/C20H25BrFN3O4/c1-20(2,3)29-19(28)24-7-8-25(12(11-24)5-9-26)18(27)14-10-15(22)16(21)13-4-6-23-17(13)14/h4,6,10,12,23,26H,5,7-9,11H2,1-3H3/t12-/m0/s1. The van der Waals surface area contributed by atoms with Gasteiger partial charge in [-0.2, -0.15) is 0 Å². The van der Waals surface area contributed by atoms with Crippen LogP contribution in [0.25, 0.3) is 10.9 Å². The summed E-state index contributed by atoms with van der Waals surface area (Å²) in [5, 5.41) is 10.1. The zero-order chi connectivity index (χ0) is 21.3. The highest BCUT2D eigenvalue weighted by molar-refractivity contribution is 9.10. The van der Waals surface area contributed by atoms with E-state index in [4.69, 9.17) is 4.74 Å². The highest BCUT2D eigenvalue weighted by Gasteiger charge is 2.35. The number of aliphatic hydroxyl groups is 1. The van der Waals surface area contributed by atoms with E-state index in [2.05, 4.69) is 20.9 Å². The molecule has 1 aliphatic heterocycles. The highest BCUT2D eigenvalue weighted by atomic mass is 79.9. The molecule has 9 heteroatoms. The second kappa shape index (κ2) is 8.31. The van der Waals surface area contributed by atoms with Crippen molar-refractivity contribution in [2.45, 2.75) is 38.8 Å². The van der Waals surface area contributed by atoms with Crippen molar-refractivity contribution < 1.29 is 23.8 Å². The lowest BCUT2D eigenvalue weighted by Gasteiger charge is -2.41. The largest absolute Gasteiger partial charge is 0.444 e. The van der Waals surface area contributed by atoms with Crippen LogP contribution in [-0.2, 0) is 4.74 Å². The molecule has 2 heterocycles. The van der Waals surface area contributed by atoms with Crippen molar-refractivity contribution in [1.82, 2.24) is 14.8 Å². The van der Waals surface area contributed by atoms with Crippen LogP contribution in [0.1, 0.15) is 37.6 Å². The predicted molar refractivity (Wildman–Crippen MR) is 110 cm³/mol. The molecule has 0 bridgehead atoms. The van der Waals surface area contributed by atoms with E-state index in [0.717, 1.165) is 0 Å². The van der Waals surface area contributed by atoms with Gasteiger partial charge in [-0.25, -0.2) is 9.18 Å². The van der Waals surface area contributed by atoms with Gasteiger partial charge in [0.1, 0.15) is 11.4 Å². The van der Waals surface area contributed by atoms with E-state index in [-0.39, 0.29) is 31.2 Å². The molecule has 158 valence electrons. The Hall–Kier alpha value is -2.13. The van der Waals surface area contributed by atoms with Crippen molar-refractivity contribution in [3.05, 3.63) is 34.2 Å². The average molecular weight is 470 g/mol. The number of piperazine rings is 1. The molecule has 2 amide bonds. The molecule has 1 aromatic carbocycles. The molecule has 7 nitrogen and oxygen atoms in total. The maximum atomic E-state index is 14.3. The number of aromatic nitrogens is 1. The summed E-state index contributed by atoms with van der Waals surface area (Å²) in [6, 6.07) is 2.51. The third kappa shape index (κ3) is 4.56. The Kier molecular flexibility index (Phi) is 6.19. The van der Waals surface area contributed by atoms with E-state index in [9.17, 15) is 19.1 Å². The number of amides is 2. The summed E-state index contributed by atoms with van der Waals surface area (Å²) in [4.78, 5) is 31.8. The number of fused-ring (bicyclic) bond motifs is 1. The van der Waals surface area contributed by atoms with E-state index in [1.807, 2.05) is 0 Å². The molecule has 1 aromatic heterocycles. The van der Waals surface area contributed by atoms with E-state index in [0.29, 0.717) is 28.3 Å². The quantitative estimate of drug-likeness (QED) is 0.719. The first kappa shape index (κ1) is 21.6. The zero-order valence-corrected chi connectivity index (χ0v) is 18.3. The number of hydrogen-bond donors (Lipinski definition) is 2. The molecule has 1 saturated heterocycles. The molecule has 2 N–H and O–H groups in total. The fraction of sp³-hybridized carbons (Fsp3) is 0.500. The first-order valence-corrected chi connectivity index (χ1v) is 10.3. The van der Waals surface area contributed by atoms with E-state index in [1.54, 1.807) is 42.8 Å².